The average Bonchev–Trinajstić information content (AvgIpc) is 3.34. The minimum atomic E-state index is -0.252. The van der Waals surface area contributed by atoms with Crippen LogP contribution in [0.1, 0.15) is 0 Å². The number of benzene rings is 4. The lowest BCUT2D eigenvalue weighted by atomic mass is 10.1. The van der Waals surface area contributed by atoms with Crippen LogP contribution in [0, 0.1) is 0 Å². The summed E-state index contributed by atoms with van der Waals surface area (Å²) in [6.45, 7) is 0. The summed E-state index contributed by atoms with van der Waals surface area (Å²) in [5, 5.41) is 19.5. The van der Waals surface area contributed by atoms with Crippen LogP contribution in [0.2, 0.25) is 0 Å². The van der Waals surface area contributed by atoms with Crippen molar-refractivity contribution in [3.8, 4) is 56.9 Å². The van der Waals surface area contributed by atoms with Crippen LogP contribution in [0.15, 0.2) is 106 Å². The SMILES string of the molecule is Oc1cc(-c2ncc(-c3ccc(Oc4ccc(-c5ccccc5)cc4)cc3)o2)cc(Br)c1O. The van der Waals surface area contributed by atoms with Gasteiger partial charge in [0.1, 0.15) is 11.5 Å². The molecule has 1 heterocycles. The summed E-state index contributed by atoms with van der Waals surface area (Å²) in [6, 6.07) is 28.7. The van der Waals surface area contributed by atoms with Gasteiger partial charge in [-0.1, -0.05) is 42.5 Å². The molecule has 2 N–H and O–H groups in total. The molecule has 1 aromatic heterocycles. The second kappa shape index (κ2) is 8.84. The molecule has 33 heavy (non-hydrogen) atoms. The van der Waals surface area contributed by atoms with E-state index in [1.807, 2.05) is 66.7 Å². The van der Waals surface area contributed by atoms with Gasteiger partial charge in [-0.25, -0.2) is 4.98 Å². The molecule has 0 aliphatic heterocycles. The number of aromatic nitrogens is 1. The maximum absolute atomic E-state index is 9.83. The number of hydrogen-bond donors (Lipinski definition) is 2. The molecular formula is C27H18BrNO4. The third-order valence-corrected chi connectivity index (χ3v) is 5.74. The fourth-order valence-electron chi connectivity index (χ4n) is 3.42. The molecule has 5 nitrogen and oxygen atoms in total. The Hall–Kier alpha value is -4.03. The maximum atomic E-state index is 9.83. The number of ether oxygens (including phenoxy) is 1. The number of nitrogens with zero attached hydrogens (tertiary/aromatic N) is 1. The molecular weight excluding hydrogens is 482 g/mol. The number of hydrogen-bond acceptors (Lipinski definition) is 5. The molecule has 162 valence electrons. The van der Waals surface area contributed by atoms with Crippen LogP contribution in [-0.2, 0) is 0 Å². The van der Waals surface area contributed by atoms with Gasteiger partial charge in [-0.15, -0.1) is 0 Å². The molecule has 0 radical (unpaired) electrons. The van der Waals surface area contributed by atoms with Gasteiger partial charge >= 0.3 is 0 Å². The normalized spacial score (nSPS) is 10.8. The number of halogens is 1. The molecule has 5 aromatic rings. The number of rotatable bonds is 5. The first-order chi connectivity index (χ1) is 16.1. The van der Waals surface area contributed by atoms with Crippen LogP contribution in [0.5, 0.6) is 23.0 Å². The molecule has 0 aliphatic rings. The van der Waals surface area contributed by atoms with Gasteiger partial charge < -0.3 is 19.4 Å². The first-order valence-electron chi connectivity index (χ1n) is 10.2. The Morgan fingerprint density at radius 1 is 0.697 bits per heavy atom. The zero-order valence-electron chi connectivity index (χ0n) is 17.3. The summed E-state index contributed by atoms with van der Waals surface area (Å²) in [5.74, 6) is 1.89. The second-order valence-corrected chi connectivity index (χ2v) is 8.23. The Balaban J connectivity index is 1.30. The molecule has 0 saturated heterocycles. The first kappa shape index (κ1) is 20.8. The highest BCUT2D eigenvalue weighted by Gasteiger charge is 2.13. The lowest BCUT2D eigenvalue weighted by Gasteiger charge is -2.08. The standard InChI is InChI=1S/C27H18BrNO4/c28-23-14-20(15-24(30)26(23)31)27-29-16-25(33-27)19-8-12-22(13-9-19)32-21-10-6-18(7-11-21)17-4-2-1-3-5-17/h1-16,30-31H. The highest BCUT2D eigenvalue weighted by atomic mass is 79.9. The van der Waals surface area contributed by atoms with Crippen LogP contribution >= 0.6 is 15.9 Å². The average molecular weight is 500 g/mol. The van der Waals surface area contributed by atoms with E-state index < -0.39 is 0 Å². The molecule has 0 saturated carbocycles. The summed E-state index contributed by atoms with van der Waals surface area (Å²) in [7, 11) is 0. The highest BCUT2D eigenvalue weighted by Crippen LogP contribution is 2.38. The van der Waals surface area contributed by atoms with E-state index in [1.165, 1.54) is 6.07 Å². The molecule has 0 amide bonds. The van der Waals surface area contributed by atoms with E-state index in [2.05, 4.69) is 33.0 Å². The molecule has 0 spiro atoms. The third kappa shape index (κ3) is 4.47. The lowest BCUT2D eigenvalue weighted by molar-refractivity contribution is 0.401. The van der Waals surface area contributed by atoms with Gasteiger partial charge in [0.15, 0.2) is 17.3 Å². The third-order valence-electron chi connectivity index (χ3n) is 5.13. The Bertz CT molecular complexity index is 1370. The number of phenolic OH excluding ortho intramolecular Hbond substituents is 2. The molecule has 6 heteroatoms. The molecule has 5 rings (SSSR count). The van der Waals surface area contributed by atoms with Gasteiger partial charge in [0, 0.05) is 11.1 Å². The smallest absolute Gasteiger partial charge is 0.226 e. The minimum absolute atomic E-state index is 0.226. The van der Waals surface area contributed by atoms with E-state index in [9.17, 15) is 10.2 Å². The van der Waals surface area contributed by atoms with E-state index >= 15 is 0 Å². The molecule has 0 unspecified atom stereocenters. The maximum Gasteiger partial charge on any atom is 0.226 e. The van der Waals surface area contributed by atoms with Crippen LogP contribution in [-0.4, -0.2) is 15.2 Å². The zero-order valence-corrected chi connectivity index (χ0v) is 18.9. The van der Waals surface area contributed by atoms with E-state index in [-0.39, 0.29) is 11.5 Å². The molecule has 4 aromatic carbocycles. The Labute approximate surface area is 198 Å². The van der Waals surface area contributed by atoms with Crippen LogP contribution in [0.25, 0.3) is 33.9 Å². The molecule has 0 aliphatic carbocycles. The number of aromatic hydroxyl groups is 2. The summed E-state index contributed by atoms with van der Waals surface area (Å²) in [6.07, 6.45) is 1.62. The predicted octanol–water partition coefficient (Wildman–Crippen LogP) is 7.64. The van der Waals surface area contributed by atoms with Gasteiger partial charge in [0.05, 0.1) is 10.7 Å². The quantitative estimate of drug-likeness (QED) is 0.243. The largest absolute Gasteiger partial charge is 0.504 e. The molecule has 0 atom stereocenters. The Morgan fingerprint density at radius 3 is 1.94 bits per heavy atom. The van der Waals surface area contributed by atoms with Gasteiger partial charge in [0.25, 0.3) is 0 Å². The van der Waals surface area contributed by atoms with Gasteiger partial charge in [-0.3, -0.25) is 0 Å². The van der Waals surface area contributed by atoms with Crippen LogP contribution < -0.4 is 4.74 Å². The summed E-state index contributed by atoms with van der Waals surface area (Å²) >= 11 is 3.20. The predicted molar refractivity (Wildman–Crippen MR) is 130 cm³/mol. The number of phenols is 2. The fourth-order valence-corrected chi connectivity index (χ4v) is 3.87. The van der Waals surface area contributed by atoms with Crippen molar-refractivity contribution in [3.63, 3.8) is 0 Å². The monoisotopic (exact) mass is 499 g/mol. The van der Waals surface area contributed by atoms with Crippen LogP contribution in [0.4, 0.5) is 0 Å². The van der Waals surface area contributed by atoms with Crippen molar-refractivity contribution in [2.75, 3.05) is 0 Å². The van der Waals surface area contributed by atoms with E-state index in [0.29, 0.717) is 27.4 Å². The second-order valence-electron chi connectivity index (χ2n) is 7.37. The van der Waals surface area contributed by atoms with Crippen molar-refractivity contribution < 1.29 is 19.4 Å². The van der Waals surface area contributed by atoms with E-state index in [0.717, 1.165) is 22.4 Å². The molecule has 0 fully saturated rings. The van der Waals surface area contributed by atoms with Crippen molar-refractivity contribution in [2.45, 2.75) is 0 Å². The van der Waals surface area contributed by atoms with Crippen molar-refractivity contribution in [1.82, 2.24) is 4.98 Å². The minimum Gasteiger partial charge on any atom is -0.504 e. The summed E-state index contributed by atoms with van der Waals surface area (Å²) < 4.78 is 12.2. The van der Waals surface area contributed by atoms with E-state index in [1.54, 1.807) is 12.3 Å². The lowest BCUT2D eigenvalue weighted by Crippen LogP contribution is -1.85. The van der Waals surface area contributed by atoms with Crippen molar-refractivity contribution in [3.05, 3.63) is 102 Å². The topological polar surface area (TPSA) is 75.7 Å². The Kier molecular flexibility index (Phi) is 5.59. The van der Waals surface area contributed by atoms with Crippen LogP contribution in [0.3, 0.4) is 0 Å². The Morgan fingerprint density at radius 2 is 1.30 bits per heavy atom. The van der Waals surface area contributed by atoms with E-state index in [4.69, 9.17) is 9.15 Å². The zero-order chi connectivity index (χ0) is 22.8. The van der Waals surface area contributed by atoms with Gasteiger partial charge in [-0.05, 0) is 75.6 Å². The summed E-state index contributed by atoms with van der Waals surface area (Å²) in [5.41, 5.74) is 3.67. The van der Waals surface area contributed by atoms with Crippen molar-refractivity contribution in [1.29, 1.82) is 0 Å². The first-order valence-corrected chi connectivity index (χ1v) is 11.0. The summed E-state index contributed by atoms with van der Waals surface area (Å²) in [4.78, 5) is 4.29. The van der Waals surface area contributed by atoms with Gasteiger partial charge in [-0.2, -0.15) is 0 Å². The van der Waals surface area contributed by atoms with Gasteiger partial charge in [0.2, 0.25) is 5.89 Å². The number of oxazole rings is 1. The van der Waals surface area contributed by atoms with Crippen molar-refractivity contribution in [2.24, 2.45) is 0 Å². The molecule has 0 bridgehead atoms. The van der Waals surface area contributed by atoms with Crippen molar-refractivity contribution >= 4 is 15.9 Å². The highest BCUT2D eigenvalue weighted by molar-refractivity contribution is 9.10. The fraction of sp³-hybridized carbons (Fsp3) is 0.